The zero-order valence-electron chi connectivity index (χ0n) is 16.0. The molecule has 1 fully saturated rings. The van der Waals surface area contributed by atoms with E-state index < -0.39 is 0 Å². The fourth-order valence-electron chi connectivity index (χ4n) is 3.23. The van der Waals surface area contributed by atoms with Crippen LogP contribution in [0.1, 0.15) is 23.2 Å². The summed E-state index contributed by atoms with van der Waals surface area (Å²) in [6.07, 6.45) is 2.04. The first-order chi connectivity index (χ1) is 14.1. The number of nitrogens with one attached hydrogen (secondary N) is 1. The van der Waals surface area contributed by atoms with Crippen molar-refractivity contribution in [1.82, 2.24) is 5.32 Å². The SMILES string of the molecule is COc1ccc(N=c2oc3ccc(Br)cc3cc2C(=O)NC[C@@H]2CCCO2)cc1. The molecule has 1 saturated heterocycles. The van der Waals surface area contributed by atoms with Crippen molar-refractivity contribution in [2.45, 2.75) is 18.9 Å². The van der Waals surface area contributed by atoms with Gasteiger partial charge in [-0.05, 0) is 61.4 Å². The van der Waals surface area contributed by atoms with Crippen LogP contribution >= 0.6 is 15.9 Å². The lowest BCUT2D eigenvalue weighted by Gasteiger charge is -2.11. The van der Waals surface area contributed by atoms with Gasteiger partial charge in [-0.1, -0.05) is 15.9 Å². The Morgan fingerprint density at radius 2 is 2.07 bits per heavy atom. The molecule has 1 aliphatic heterocycles. The van der Waals surface area contributed by atoms with Gasteiger partial charge in [0.15, 0.2) is 0 Å². The van der Waals surface area contributed by atoms with Gasteiger partial charge in [0.05, 0.1) is 18.9 Å². The minimum atomic E-state index is -0.238. The number of carbonyl (C=O) groups is 1. The molecule has 1 amide bonds. The van der Waals surface area contributed by atoms with Crippen LogP contribution in [0.4, 0.5) is 5.69 Å². The molecule has 0 aliphatic carbocycles. The van der Waals surface area contributed by atoms with Gasteiger partial charge in [0.2, 0.25) is 5.55 Å². The average molecular weight is 457 g/mol. The van der Waals surface area contributed by atoms with Gasteiger partial charge in [0.1, 0.15) is 16.9 Å². The van der Waals surface area contributed by atoms with E-state index >= 15 is 0 Å². The van der Waals surface area contributed by atoms with Gasteiger partial charge in [0.25, 0.3) is 5.91 Å². The standard InChI is InChI=1S/C22H21BrN2O4/c1-27-17-7-5-16(6-8-17)25-22-19(21(26)24-13-18-3-2-10-28-18)12-14-11-15(23)4-9-20(14)29-22/h4-9,11-12,18H,2-3,10,13H2,1H3,(H,24,26)/t18-/m0/s1. The summed E-state index contributed by atoms with van der Waals surface area (Å²) in [5.74, 6) is 0.497. The van der Waals surface area contributed by atoms with E-state index in [1.165, 1.54) is 0 Å². The minimum Gasteiger partial charge on any atom is -0.497 e. The number of nitrogens with zero attached hydrogens (tertiary/aromatic N) is 1. The Hall–Kier alpha value is -2.64. The van der Waals surface area contributed by atoms with E-state index in [0.717, 1.165) is 35.1 Å². The molecule has 2 aromatic carbocycles. The molecule has 1 N–H and O–H groups in total. The van der Waals surface area contributed by atoms with E-state index in [9.17, 15) is 4.79 Å². The Bertz CT molecular complexity index is 1090. The van der Waals surface area contributed by atoms with E-state index in [1.807, 2.05) is 42.5 Å². The van der Waals surface area contributed by atoms with Crippen LogP contribution in [0.2, 0.25) is 0 Å². The highest BCUT2D eigenvalue weighted by molar-refractivity contribution is 9.10. The maximum absolute atomic E-state index is 12.9. The first-order valence-corrected chi connectivity index (χ1v) is 10.2. The Morgan fingerprint density at radius 3 is 2.79 bits per heavy atom. The predicted molar refractivity (Wildman–Crippen MR) is 113 cm³/mol. The van der Waals surface area contributed by atoms with E-state index in [4.69, 9.17) is 13.9 Å². The summed E-state index contributed by atoms with van der Waals surface area (Å²) in [7, 11) is 1.61. The highest BCUT2D eigenvalue weighted by atomic mass is 79.9. The molecule has 0 spiro atoms. The van der Waals surface area contributed by atoms with Crippen LogP contribution in [0, 0.1) is 0 Å². The molecule has 0 radical (unpaired) electrons. The molecule has 6 nitrogen and oxygen atoms in total. The normalized spacial score (nSPS) is 16.9. The topological polar surface area (TPSA) is 73.1 Å². The fraction of sp³-hybridized carbons (Fsp3) is 0.273. The lowest BCUT2D eigenvalue weighted by atomic mass is 10.1. The Balaban J connectivity index is 1.73. The van der Waals surface area contributed by atoms with Crippen LogP contribution in [-0.2, 0) is 4.74 Å². The smallest absolute Gasteiger partial charge is 0.256 e. The Labute approximate surface area is 176 Å². The lowest BCUT2D eigenvalue weighted by molar-refractivity contribution is 0.0854. The molecule has 29 heavy (non-hydrogen) atoms. The Morgan fingerprint density at radius 1 is 1.24 bits per heavy atom. The number of halogens is 1. The summed E-state index contributed by atoms with van der Waals surface area (Å²) in [6, 6.07) is 14.7. The summed E-state index contributed by atoms with van der Waals surface area (Å²) in [4.78, 5) is 17.5. The lowest BCUT2D eigenvalue weighted by Crippen LogP contribution is -2.34. The van der Waals surface area contributed by atoms with Gasteiger partial charge < -0.3 is 19.2 Å². The number of ether oxygens (including phenoxy) is 2. The number of hydrogen-bond donors (Lipinski definition) is 1. The molecule has 2 heterocycles. The maximum atomic E-state index is 12.9. The summed E-state index contributed by atoms with van der Waals surface area (Å²) < 4.78 is 17.7. The monoisotopic (exact) mass is 456 g/mol. The van der Waals surface area contributed by atoms with E-state index in [-0.39, 0.29) is 17.6 Å². The molecule has 150 valence electrons. The number of methoxy groups -OCH3 is 1. The molecule has 0 bridgehead atoms. The first kappa shape index (κ1) is 19.7. The van der Waals surface area contributed by atoms with Gasteiger partial charge in [-0.15, -0.1) is 0 Å². The number of fused-ring (bicyclic) bond motifs is 1. The molecule has 0 saturated carbocycles. The van der Waals surface area contributed by atoms with Gasteiger partial charge in [0, 0.05) is 23.0 Å². The van der Waals surface area contributed by atoms with Crippen LogP contribution in [0.15, 0.2) is 62.4 Å². The third-order valence-electron chi connectivity index (χ3n) is 4.77. The molecule has 4 rings (SSSR count). The maximum Gasteiger partial charge on any atom is 0.256 e. The highest BCUT2D eigenvalue weighted by Crippen LogP contribution is 2.21. The number of hydrogen-bond acceptors (Lipinski definition) is 5. The zero-order valence-corrected chi connectivity index (χ0v) is 17.6. The van der Waals surface area contributed by atoms with Gasteiger partial charge in [-0.2, -0.15) is 0 Å². The second-order valence-electron chi connectivity index (χ2n) is 6.80. The summed E-state index contributed by atoms with van der Waals surface area (Å²) >= 11 is 3.46. The molecule has 0 unspecified atom stereocenters. The van der Waals surface area contributed by atoms with Crippen molar-refractivity contribution < 1.29 is 18.7 Å². The van der Waals surface area contributed by atoms with Crippen molar-refractivity contribution >= 4 is 38.5 Å². The minimum absolute atomic E-state index is 0.0625. The molecule has 1 aliphatic rings. The molecule has 1 aromatic heterocycles. The van der Waals surface area contributed by atoms with Crippen molar-refractivity contribution in [3.8, 4) is 5.75 Å². The van der Waals surface area contributed by atoms with Crippen molar-refractivity contribution in [2.24, 2.45) is 4.99 Å². The predicted octanol–water partition coefficient (Wildman–Crippen LogP) is 4.35. The number of benzene rings is 2. The number of amides is 1. The Kier molecular flexibility index (Phi) is 5.97. The summed E-state index contributed by atoms with van der Waals surface area (Å²) in [5.41, 5.74) is 1.95. The van der Waals surface area contributed by atoms with Crippen LogP contribution < -0.4 is 15.6 Å². The zero-order chi connectivity index (χ0) is 20.2. The summed E-state index contributed by atoms with van der Waals surface area (Å²) in [6.45, 7) is 1.22. The quantitative estimate of drug-likeness (QED) is 0.619. The largest absolute Gasteiger partial charge is 0.497 e. The third-order valence-corrected chi connectivity index (χ3v) is 5.26. The van der Waals surface area contributed by atoms with Crippen molar-refractivity contribution in [3.63, 3.8) is 0 Å². The van der Waals surface area contributed by atoms with E-state index in [0.29, 0.717) is 23.4 Å². The highest BCUT2D eigenvalue weighted by Gasteiger charge is 2.18. The van der Waals surface area contributed by atoms with Crippen LogP contribution in [0.5, 0.6) is 5.75 Å². The van der Waals surface area contributed by atoms with E-state index in [1.54, 1.807) is 13.2 Å². The molecule has 7 heteroatoms. The summed E-state index contributed by atoms with van der Waals surface area (Å²) in [5, 5.41) is 3.76. The number of rotatable bonds is 5. The third kappa shape index (κ3) is 4.68. The molecular weight excluding hydrogens is 436 g/mol. The second-order valence-corrected chi connectivity index (χ2v) is 7.72. The molecular formula is C22H21BrN2O4. The van der Waals surface area contributed by atoms with Crippen molar-refractivity contribution in [3.05, 3.63) is 64.1 Å². The van der Waals surface area contributed by atoms with Crippen LogP contribution in [-0.4, -0.2) is 32.3 Å². The van der Waals surface area contributed by atoms with Crippen molar-refractivity contribution in [2.75, 3.05) is 20.3 Å². The fourth-order valence-corrected chi connectivity index (χ4v) is 3.61. The van der Waals surface area contributed by atoms with E-state index in [2.05, 4.69) is 26.2 Å². The molecule has 3 aromatic rings. The average Bonchev–Trinajstić information content (AvgIpc) is 3.26. The van der Waals surface area contributed by atoms with Gasteiger partial charge in [-0.3, -0.25) is 4.79 Å². The second kappa shape index (κ2) is 8.80. The first-order valence-electron chi connectivity index (χ1n) is 9.44. The van der Waals surface area contributed by atoms with Crippen molar-refractivity contribution in [1.29, 1.82) is 0 Å². The van der Waals surface area contributed by atoms with Crippen LogP contribution in [0.3, 0.4) is 0 Å². The van der Waals surface area contributed by atoms with Gasteiger partial charge >= 0.3 is 0 Å². The number of carbonyl (C=O) groups excluding carboxylic acids is 1. The molecule has 1 atom stereocenters. The van der Waals surface area contributed by atoms with Crippen LogP contribution in [0.25, 0.3) is 11.0 Å². The van der Waals surface area contributed by atoms with Gasteiger partial charge in [-0.25, -0.2) is 4.99 Å².